The Balaban J connectivity index is 1.82. The fourth-order valence-corrected chi connectivity index (χ4v) is 3.96. The standard InChI is InChI=1S/C23H33N5O4/c1-4-11-24-22(30)28-14-12-27(13-15-28)16-18-19(21(29)32-5-2)20(25-23(31)26(18)3)17-9-7-6-8-10-17/h6-10,20H,4-5,11-16H2,1-3H3,(H,24,30)(H,25,31). The number of piperazine rings is 1. The Morgan fingerprint density at radius 3 is 2.44 bits per heavy atom. The van der Waals surface area contributed by atoms with E-state index >= 15 is 0 Å². The van der Waals surface area contributed by atoms with Crippen molar-refractivity contribution < 1.29 is 19.1 Å². The summed E-state index contributed by atoms with van der Waals surface area (Å²) in [5.74, 6) is -0.430. The van der Waals surface area contributed by atoms with Crippen LogP contribution in [0.2, 0.25) is 0 Å². The zero-order valence-corrected chi connectivity index (χ0v) is 19.1. The predicted molar refractivity (Wildman–Crippen MR) is 121 cm³/mol. The molecule has 4 amide bonds. The molecule has 32 heavy (non-hydrogen) atoms. The summed E-state index contributed by atoms with van der Waals surface area (Å²) in [6, 6.07) is 8.55. The zero-order valence-electron chi connectivity index (χ0n) is 19.1. The summed E-state index contributed by atoms with van der Waals surface area (Å²) < 4.78 is 5.37. The Kier molecular flexibility index (Phi) is 8.10. The van der Waals surface area contributed by atoms with E-state index in [-0.39, 0.29) is 18.7 Å². The van der Waals surface area contributed by atoms with Crippen LogP contribution >= 0.6 is 0 Å². The summed E-state index contributed by atoms with van der Waals surface area (Å²) in [6.07, 6.45) is 0.896. The van der Waals surface area contributed by atoms with E-state index in [1.54, 1.807) is 18.9 Å². The molecule has 0 bridgehead atoms. The maximum atomic E-state index is 13.0. The third-order valence-electron chi connectivity index (χ3n) is 5.76. The molecule has 1 unspecified atom stereocenters. The molecule has 0 radical (unpaired) electrons. The molecule has 174 valence electrons. The lowest BCUT2D eigenvalue weighted by atomic mass is 9.94. The number of hydrogen-bond donors (Lipinski definition) is 2. The minimum Gasteiger partial charge on any atom is -0.463 e. The quantitative estimate of drug-likeness (QED) is 0.628. The Morgan fingerprint density at radius 1 is 1.12 bits per heavy atom. The van der Waals surface area contributed by atoms with Crippen molar-refractivity contribution in [1.29, 1.82) is 0 Å². The molecular formula is C23H33N5O4. The van der Waals surface area contributed by atoms with E-state index in [1.807, 2.05) is 37.3 Å². The zero-order chi connectivity index (χ0) is 23.1. The molecule has 1 atom stereocenters. The van der Waals surface area contributed by atoms with E-state index in [1.165, 1.54) is 4.90 Å². The lowest BCUT2D eigenvalue weighted by Gasteiger charge is -2.39. The highest BCUT2D eigenvalue weighted by Crippen LogP contribution is 2.31. The molecule has 1 aromatic rings. The normalized spacial score (nSPS) is 19.6. The van der Waals surface area contributed by atoms with Crippen LogP contribution in [0.1, 0.15) is 31.9 Å². The highest BCUT2D eigenvalue weighted by Gasteiger charge is 2.37. The summed E-state index contributed by atoms with van der Waals surface area (Å²) in [5.41, 5.74) is 1.90. The van der Waals surface area contributed by atoms with Gasteiger partial charge in [-0.25, -0.2) is 14.4 Å². The number of nitrogens with one attached hydrogen (secondary N) is 2. The average molecular weight is 444 g/mol. The first-order valence-electron chi connectivity index (χ1n) is 11.2. The van der Waals surface area contributed by atoms with Gasteiger partial charge in [0.25, 0.3) is 0 Å². The van der Waals surface area contributed by atoms with Crippen LogP contribution in [0, 0.1) is 0 Å². The molecule has 2 N–H and O–H groups in total. The maximum absolute atomic E-state index is 13.0. The molecule has 3 rings (SSSR count). The molecule has 0 saturated carbocycles. The van der Waals surface area contributed by atoms with Crippen molar-refractivity contribution in [2.75, 3.05) is 52.9 Å². The fourth-order valence-electron chi connectivity index (χ4n) is 3.96. The molecular weight excluding hydrogens is 410 g/mol. The van der Waals surface area contributed by atoms with Crippen LogP contribution in [0.4, 0.5) is 9.59 Å². The van der Waals surface area contributed by atoms with Gasteiger partial charge in [0.1, 0.15) is 0 Å². The van der Waals surface area contributed by atoms with Gasteiger partial charge in [-0.05, 0) is 18.9 Å². The monoisotopic (exact) mass is 443 g/mol. The summed E-state index contributed by atoms with van der Waals surface area (Å²) in [7, 11) is 1.67. The smallest absolute Gasteiger partial charge is 0.338 e. The Labute approximate surface area is 189 Å². The first-order valence-corrected chi connectivity index (χ1v) is 11.2. The van der Waals surface area contributed by atoms with Crippen LogP contribution in [0.15, 0.2) is 41.6 Å². The lowest BCUT2D eigenvalue weighted by Crippen LogP contribution is -2.54. The number of rotatable bonds is 7. The second kappa shape index (κ2) is 11.0. The maximum Gasteiger partial charge on any atom is 0.338 e. The van der Waals surface area contributed by atoms with Gasteiger partial charge >= 0.3 is 18.0 Å². The fraction of sp³-hybridized carbons (Fsp3) is 0.522. The summed E-state index contributed by atoms with van der Waals surface area (Å²) >= 11 is 0. The number of carbonyl (C=O) groups excluding carboxylic acids is 3. The summed E-state index contributed by atoms with van der Waals surface area (Å²) in [4.78, 5) is 43.4. The molecule has 2 aliphatic heterocycles. The molecule has 1 aromatic carbocycles. The van der Waals surface area contributed by atoms with Crippen LogP contribution in [0.5, 0.6) is 0 Å². The molecule has 0 aromatic heterocycles. The lowest BCUT2D eigenvalue weighted by molar-refractivity contribution is -0.139. The van der Waals surface area contributed by atoms with Crippen molar-refractivity contribution in [2.45, 2.75) is 26.3 Å². The molecule has 1 saturated heterocycles. The van der Waals surface area contributed by atoms with Crippen LogP contribution < -0.4 is 10.6 Å². The third kappa shape index (κ3) is 5.40. The number of esters is 1. The number of amides is 4. The average Bonchev–Trinajstić information content (AvgIpc) is 2.81. The van der Waals surface area contributed by atoms with Crippen LogP contribution in [0.3, 0.4) is 0 Å². The van der Waals surface area contributed by atoms with Gasteiger partial charge in [-0.2, -0.15) is 0 Å². The van der Waals surface area contributed by atoms with E-state index < -0.39 is 12.0 Å². The van der Waals surface area contributed by atoms with Crippen LogP contribution in [-0.4, -0.2) is 85.7 Å². The second-order valence-electron chi connectivity index (χ2n) is 7.93. The SMILES string of the molecule is CCCNC(=O)N1CCN(CC2=C(C(=O)OCC)C(c3ccccc3)NC(=O)N2C)CC1. The van der Waals surface area contributed by atoms with E-state index in [0.717, 1.165) is 12.0 Å². The van der Waals surface area contributed by atoms with Crippen molar-refractivity contribution in [1.82, 2.24) is 25.3 Å². The van der Waals surface area contributed by atoms with Gasteiger partial charge in [-0.3, -0.25) is 9.80 Å². The van der Waals surface area contributed by atoms with Gasteiger partial charge in [0.05, 0.1) is 18.2 Å². The number of benzene rings is 1. The van der Waals surface area contributed by atoms with Crippen molar-refractivity contribution in [3.05, 3.63) is 47.2 Å². The van der Waals surface area contributed by atoms with E-state index in [4.69, 9.17) is 4.74 Å². The number of nitrogens with zero attached hydrogens (tertiary/aromatic N) is 3. The number of ether oxygens (including phenoxy) is 1. The molecule has 9 nitrogen and oxygen atoms in total. The Bertz CT molecular complexity index is 849. The second-order valence-corrected chi connectivity index (χ2v) is 7.93. The van der Waals surface area contributed by atoms with E-state index in [0.29, 0.717) is 50.5 Å². The van der Waals surface area contributed by atoms with Crippen LogP contribution in [-0.2, 0) is 9.53 Å². The molecule has 0 aliphatic carbocycles. The third-order valence-corrected chi connectivity index (χ3v) is 5.76. The number of likely N-dealkylation sites (N-methyl/N-ethyl adjacent to an activating group) is 1. The van der Waals surface area contributed by atoms with Crippen LogP contribution in [0.25, 0.3) is 0 Å². The van der Waals surface area contributed by atoms with E-state index in [9.17, 15) is 14.4 Å². The van der Waals surface area contributed by atoms with Gasteiger partial charge in [0.15, 0.2) is 0 Å². The van der Waals surface area contributed by atoms with Gasteiger partial charge in [-0.15, -0.1) is 0 Å². The van der Waals surface area contributed by atoms with Gasteiger partial charge < -0.3 is 20.3 Å². The highest BCUT2D eigenvalue weighted by atomic mass is 16.5. The first-order chi connectivity index (χ1) is 15.5. The predicted octanol–water partition coefficient (Wildman–Crippen LogP) is 1.94. The molecule has 0 spiro atoms. The number of hydrogen-bond acceptors (Lipinski definition) is 5. The molecule has 9 heteroatoms. The summed E-state index contributed by atoms with van der Waals surface area (Å²) in [5, 5.41) is 5.84. The van der Waals surface area contributed by atoms with E-state index in [2.05, 4.69) is 15.5 Å². The minimum absolute atomic E-state index is 0.0452. The molecule has 2 aliphatic rings. The Hall–Kier alpha value is -3.07. The molecule has 1 fully saturated rings. The van der Waals surface area contributed by atoms with Gasteiger partial charge in [0.2, 0.25) is 0 Å². The number of carbonyl (C=O) groups is 3. The van der Waals surface area contributed by atoms with Crippen molar-refractivity contribution in [3.63, 3.8) is 0 Å². The largest absolute Gasteiger partial charge is 0.463 e. The van der Waals surface area contributed by atoms with Crippen molar-refractivity contribution >= 4 is 18.0 Å². The first kappa shape index (κ1) is 23.6. The van der Waals surface area contributed by atoms with Crippen molar-refractivity contribution in [3.8, 4) is 0 Å². The van der Waals surface area contributed by atoms with Gasteiger partial charge in [-0.1, -0.05) is 37.3 Å². The summed E-state index contributed by atoms with van der Waals surface area (Å²) in [6.45, 7) is 7.62. The number of urea groups is 2. The highest BCUT2D eigenvalue weighted by molar-refractivity contribution is 5.95. The molecule has 2 heterocycles. The van der Waals surface area contributed by atoms with Gasteiger partial charge in [0, 0.05) is 52.0 Å². The Morgan fingerprint density at radius 2 is 1.81 bits per heavy atom. The topological polar surface area (TPSA) is 94.2 Å². The minimum atomic E-state index is -0.574. The van der Waals surface area contributed by atoms with Crippen molar-refractivity contribution in [2.24, 2.45) is 0 Å².